The van der Waals surface area contributed by atoms with Crippen LogP contribution in [0.1, 0.15) is 38.4 Å². The van der Waals surface area contributed by atoms with Crippen molar-refractivity contribution in [2.75, 3.05) is 6.54 Å². The van der Waals surface area contributed by atoms with Crippen molar-refractivity contribution < 1.29 is 0 Å². The molecule has 1 saturated heterocycles. The molecule has 0 radical (unpaired) electrons. The number of hydrogen-bond acceptors (Lipinski definition) is 2. The summed E-state index contributed by atoms with van der Waals surface area (Å²) >= 11 is 0. The second-order valence-corrected chi connectivity index (χ2v) is 4.39. The zero-order valence-corrected chi connectivity index (χ0v) is 9.03. The minimum Gasteiger partial charge on any atom is -0.333 e. The molecule has 2 heterocycles. The molecule has 1 aliphatic heterocycles. The van der Waals surface area contributed by atoms with Gasteiger partial charge >= 0.3 is 0 Å². The number of hydrogen-bond donors (Lipinski definition) is 1. The lowest BCUT2D eigenvalue weighted by Crippen LogP contribution is -2.27. The average Bonchev–Trinajstić information content (AvgIpc) is 2.75. The molecule has 2 rings (SSSR count). The molecule has 3 nitrogen and oxygen atoms in total. The Morgan fingerprint density at radius 3 is 3.14 bits per heavy atom. The van der Waals surface area contributed by atoms with Crippen LogP contribution >= 0.6 is 0 Å². The quantitative estimate of drug-likeness (QED) is 0.792. The summed E-state index contributed by atoms with van der Waals surface area (Å²) in [5.74, 6) is 1.73. The standard InChI is InChI=1S/C11H19N3/c1-9(2)11-13-6-7-14(11)8-10-4-3-5-12-10/h6-7,9-10,12H,3-5,8H2,1-2H3. The van der Waals surface area contributed by atoms with Crippen LogP contribution < -0.4 is 5.32 Å². The third-order valence-electron chi connectivity index (χ3n) is 2.84. The van der Waals surface area contributed by atoms with Gasteiger partial charge in [-0.1, -0.05) is 13.8 Å². The Balaban J connectivity index is 2.04. The first-order chi connectivity index (χ1) is 6.77. The van der Waals surface area contributed by atoms with Crippen molar-refractivity contribution in [3.63, 3.8) is 0 Å². The Morgan fingerprint density at radius 1 is 1.64 bits per heavy atom. The van der Waals surface area contributed by atoms with Crippen molar-refractivity contribution in [1.29, 1.82) is 0 Å². The van der Waals surface area contributed by atoms with Crippen molar-refractivity contribution in [1.82, 2.24) is 14.9 Å². The summed E-state index contributed by atoms with van der Waals surface area (Å²) in [6.07, 6.45) is 6.62. The second kappa shape index (κ2) is 4.13. The van der Waals surface area contributed by atoms with Gasteiger partial charge in [-0.25, -0.2) is 4.98 Å². The molecule has 78 valence electrons. The van der Waals surface area contributed by atoms with Gasteiger partial charge < -0.3 is 9.88 Å². The van der Waals surface area contributed by atoms with E-state index in [2.05, 4.69) is 34.9 Å². The maximum Gasteiger partial charge on any atom is 0.111 e. The monoisotopic (exact) mass is 193 g/mol. The minimum atomic E-state index is 0.520. The van der Waals surface area contributed by atoms with Crippen molar-refractivity contribution in [2.45, 2.75) is 45.2 Å². The van der Waals surface area contributed by atoms with Gasteiger partial charge in [0.2, 0.25) is 0 Å². The van der Waals surface area contributed by atoms with E-state index in [1.165, 1.54) is 25.2 Å². The van der Waals surface area contributed by atoms with E-state index in [-0.39, 0.29) is 0 Å². The van der Waals surface area contributed by atoms with Crippen molar-refractivity contribution >= 4 is 0 Å². The van der Waals surface area contributed by atoms with Crippen LogP contribution in [-0.2, 0) is 6.54 Å². The van der Waals surface area contributed by atoms with E-state index >= 15 is 0 Å². The molecule has 0 saturated carbocycles. The van der Waals surface area contributed by atoms with Crippen molar-refractivity contribution in [3.05, 3.63) is 18.2 Å². The highest BCUT2D eigenvalue weighted by Crippen LogP contribution is 2.14. The van der Waals surface area contributed by atoms with Gasteiger partial charge in [-0.15, -0.1) is 0 Å². The van der Waals surface area contributed by atoms with Crippen LogP contribution in [0.25, 0.3) is 0 Å². The van der Waals surface area contributed by atoms with E-state index in [0.29, 0.717) is 12.0 Å². The van der Waals surface area contributed by atoms with Gasteiger partial charge in [0.25, 0.3) is 0 Å². The molecule has 1 atom stereocenters. The topological polar surface area (TPSA) is 29.9 Å². The Labute approximate surface area is 85.5 Å². The number of rotatable bonds is 3. The lowest BCUT2D eigenvalue weighted by Gasteiger charge is -2.14. The smallest absolute Gasteiger partial charge is 0.111 e. The highest BCUT2D eigenvalue weighted by Gasteiger charge is 2.16. The van der Waals surface area contributed by atoms with Gasteiger partial charge in [-0.05, 0) is 19.4 Å². The van der Waals surface area contributed by atoms with Crippen LogP contribution in [0.15, 0.2) is 12.4 Å². The van der Waals surface area contributed by atoms with Gasteiger partial charge in [0.1, 0.15) is 5.82 Å². The summed E-state index contributed by atoms with van der Waals surface area (Å²) in [7, 11) is 0. The molecular formula is C11H19N3. The second-order valence-electron chi connectivity index (χ2n) is 4.39. The highest BCUT2D eigenvalue weighted by atomic mass is 15.1. The maximum atomic E-state index is 4.39. The van der Waals surface area contributed by atoms with E-state index in [4.69, 9.17) is 0 Å². The highest BCUT2D eigenvalue weighted by molar-refractivity contribution is 4.98. The van der Waals surface area contributed by atoms with Crippen LogP contribution in [0.4, 0.5) is 0 Å². The molecule has 1 N–H and O–H groups in total. The number of imidazole rings is 1. The molecule has 0 aromatic carbocycles. The van der Waals surface area contributed by atoms with Gasteiger partial charge in [0.15, 0.2) is 0 Å². The van der Waals surface area contributed by atoms with E-state index in [1.807, 2.05) is 6.20 Å². The van der Waals surface area contributed by atoms with Gasteiger partial charge in [-0.3, -0.25) is 0 Å². The van der Waals surface area contributed by atoms with Crippen LogP contribution in [0.3, 0.4) is 0 Å². The fourth-order valence-corrected chi connectivity index (χ4v) is 2.13. The van der Waals surface area contributed by atoms with Gasteiger partial charge in [-0.2, -0.15) is 0 Å². The first-order valence-corrected chi connectivity index (χ1v) is 5.52. The molecule has 1 aromatic rings. The molecule has 1 unspecified atom stereocenters. The van der Waals surface area contributed by atoms with Crippen molar-refractivity contribution in [3.8, 4) is 0 Å². The molecule has 3 heteroatoms. The molecule has 0 bridgehead atoms. The Morgan fingerprint density at radius 2 is 2.50 bits per heavy atom. The Hall–Kier alpha value is -0.830. The fraction of sp³-hybridized carbons (Fsp3) is 0.727. The predicted octanol–water partition coefficient (Wildman–Crippen LogP) is 1.76. The van der Waals surface area contributed by atoms with Gasteiger partial charge in [0, 0.05) is 30.9 Å². The van der Waals surface area contributed by atoms with E-state index < -0.39 is 0 Å². The zero-order valence-electron chi connectivity index (χ0n) is 9.03. The Bertz CT molecular complexity index is 284. The fourth-order valence-electron chi connectivity index (χ4n) is 2.13. The first-order valence-electron chi connectivity index (χ1n) is 5.52. The minimum absolute atomic E-state index is 0.520. The number of nitrogens with one attached hydrogen (secondary N) is 1. The van der Waals surface area contributed by atoms with E-state index in [1.54, 1.807) is 0 Å². The molecule has 0 amide bonds. The van der Waals surface area contributed by atoms with Crippen LogP contribution in [0.2, 0.25) is 0 Å². The summed E-state index contributed by atoms with van der Waals surface area (Å²) < 4.78 is 2.29. The maximum absolute atomic E-state index is 4.39. The van der Waals surface area contributed by atoms with Crippen molar-refractivity contribution in [2.24, 2.45) is 0 Å². The molecular weight excluding hydrogens is 174 g/mol. The third kappa shape index (κ3) is 1.98. The average molecular weight is 193 g/mol. The molecule has 0 aliphatic carbocycles. The summed E-state index contributed by atoms with van der Waals surface area (Å²) in [6, 6.07) is 0.654. The lowest BCUT2D eigenvalue weighted by molar-refractivity contribution is 0.489. The zero-order chi connectivity index (χ0) is 9.97. The molecule has 1 aliphatic rings. The van der Waals surface area contributed by atoms with Crippen LogP contribution in [0, 0.1) is 0 Å². The van der Waals surface area contributed by atoms with Gasteiger partial charge in [0.05, 0.1) is 0 Å². The normalized spacial score (nSPS) is 22.1. The Kier molecular flexibility index (Phi) is 2.87. The third-order valence-corrected chi connectivity index (χ3v) is 2.84. The van der Waals surface area contributed by atoms with Crippen LogP contribution in [0.5, 0.6) is 0 Å². The molecule has 1 fully saturated rings. The van der Waals surface area contributed by atoms with Crippen LogP contribution in [-0.4, -0.2) is 22.1 Å². The van der Waals surface area contributed by atoms with E-state index in [0.717, 1.165) is 6.54 Å². The molecule has 1 aromatic heterocycles. The lowest BCUT2D eigenvalue weighted by atomic mass is 10.2. The molecule has 0 spiro atoms. The summed E-state index contributed by atoms with van der Waals surface area (Å²) in [5, 5.41) is 3.51. The number of nitrogens with zero attached hydrogens (tertiary/aromatic N) is 2. The summed E-state index contributed by atoms with van der Waals surface area (Å²) in [4.78, 5) is 4.39. The predicted molar refractivity (Wildman–Crippen MR) is 57.3 cm³/mol. The number of aromatic nitrogens is 2. The summed E-state index contributed by atoms with van der Waals surface area (Å²) in [6.45, 7) is 6.64. The summed E-state index contributed by atoms with van der Waals surface area (Å²) in [5.41, 5.74) is 0. The first kappa shape index (κ1) is 9.71. The SMILES string of the molecule is CC(C)c1nccn1CC1CCCN1. The van der Waals surface area contributed by atoms with E-state index in [9.17, 15) is 0 Å². The molecule has 14 heavy (non-hydrogen) atoms. The largest absolute Gasteiger partial charge is 0.333 e.